The Morgan fingerprint density at radius 1 is 1.37 bits per heavy atom. The molecule has 0 aliphatic carbocycles. The molecule has 2 atom stereocenters. The van der Waals surface area contributed by atoms with E-state index in [9.17, 15) is 14.7 Å². The minimum atomic E-state index is -0.949. The van der Waals surface area contributed by atoms with E-state index in [1.807, 2.05) is 13.0 Å². The van der Waals surface area contributed by atoms with Crippen molar-refractivity contribution in [3.63, 3.8) is 0 Å². The summed E-state index contributed by atoms with van der Waals surface area (Å²) in [6.45, 7) is 10.3. The van der Waals surface area contributed by atoms with Crippen molar-refractivity contribution in [3.8, 4) is 0 Å². The van der Waals surface area contributed by atoms with E-state index < -0.39 is 11.9 Å². The zero-order chi connectivity index (χ0) is 20.2. The van der Waals surface area contributed by atoms with Crippen molar-refractivity contribution >= 4 is 18.1 Å². The van der Waals surface area contributed by atoms with E-state index in [1.165, 1.54) is 5.57 Å². The molecule has 1 heterocycles. The number of carbonyl (C=O) groups is 2. The van der Waals surface area contributed by atoms with Crippen LogP contribution in [0.25, 0.3) is 0 Å². The zero-order valence-electron chi connectivity index (χ0n) is 16.7. The van der Waals surface area contributed by atoms with Crippen LogP contribution in [-0.2, 0) is 9.59 Å². The summed E-state index contributed by atoms with van der Waals surface area (Å²) in [5.41, 5.74) is 2.94. The van der Waals surface area contributed by atoms with Gasteiger partial charge in [0.05, 0.1) is 5.92 Å². The highest BCUT2D eigenvalue weighted by molar-refractivity contribution is 5.85. The molecule has 0 aromatic carbocycles. The molecule has 27 heavy (non-hydrogen) atoms. The fourth-order valence-electron chi connectivity index (χ4n) is 3.11. The molecule has 1 rings (SSSR count). The van der Waals surface area contributed by atoms with Gasteiger partial charge in [-0.05, 0) is 44.6 Å². The second-order valence-corrected chi connectivity index (χ2v) is 6.89. The first kappa shape index (κ1) is 22.6. The third kappa shape index (κ3) is 8.20. The summed E-state index contributed by atoms with van der Waals surface area (Å²) in [7, 11) is 0. The largest absolute Gasteiger partial charge is 0.481 e. The summed E-state index contributed by atoms with van der Waals surface area (Å²) in [6, 6.07) is 0. The Morgan fingerprint density at radius 2 is 2.11 bits per heavy atom. The Balaban J connectivity index is 2.73. The molecule has 0 aromatic rings. The van der Waals surface area contributed by atoms with Crippen molar-refractivity contribution in [2.24, 2.45) is 16.8 Å². The maximum absolute atomic E-state index is 12.4. The van der Waals surface area contributed by atoms with Crippen LogP contribution in [0, 0.1) is 11.8 Å². The monoisotopic (exact) mass is 372 g/mol. The molecule has 0 spiro atoms. The number of carboxylic acid groups (broad SMARTS) is 1. The SMILES string of the molecule is C=C(CC/C=C(\C)CC)C(CC)C(CC(=O)NC1=CC=NC=CC1)C(=O)O. The predicted octanol–water partition coefficient (Wildman–Crippen LogP) is 4.78. The van der Waals surface area contributed by atoms with Gasteiger partial charge in [-0.3, -0.25) is 14.6 Å². The number of aliphatic carboxylic acids is 1. The molecule has 2 N–H and O–H groups in total. The van der Waals surface area contributed by atoms with Gasteiger partial charge in [-0.2, -0.15) is 0 Å². The molecular weight excluding hydrogens is 340 g/mol. The molecule has 5 heteroatoms. The summed E-state index contributed by atoms with van der Waals surface area (Å²) in [4.78, 5) is 28.2. The van der Waals surface area contributed by atoms with Crippen molar-refractivity contribution in [2.75, 3.05) is 0 Å². The molecule has 0 fully saturated rings. The van der Waals surface area contributed by atoms with E-state index in [0.29, 0.717) is 18.5 Å². The van der Waals surface area contributed by atoms with E-state index in [4.69, 9.17) is 0 Å². The average Bonchev–Trinajstić information content (AvgIpc) is 2.89. The normalized spacial score (nSPS) is 16.3. The smallest absolute Gasteiger partial charge is 0.307 e. The minimum Gasteiger partial charge on any atom is -0.481 e. The molecule has 0 saturated carbocycles. The van der Waals surface area contributed by atoms with Gasteiger partial charge < -0.3 is 10.4 Å². The number of aliphatic imine (C=N–C) groups is 1. The van der Waals surface area contributed by atoms with Crippen LogP contribution in [-0.4, -0.2) is 23.2 Å². The lowest BCUT2D eigenvalue weighted by atomic mass is 9.80. The molecule has 1 aliphatic heterocycles. The van der Waals surface area contributed by atoms with Gasteiger partial charge in [0.1, 0.15) is 0 Å². The predicted molar refractivity (Wildman–Crippen MR) is 110 cm³/mol. The van der Waals surface area contributed by atoms with Crippen LogP contribution in [0.5, 0.6) is 0 Å². The first-order valence-corrected chi connectivity index (χ1v) is 9.62. The molecule has 1 aliphatic rings. The lowest BCUT2D eigenvalue weighted by Crippen LogP contribution is -2.32. The number of allylic oxidation sites excluding steroid dienone is 5. The summed E-state index contributed by atoms with van der Waals surface area (Å²) in [5.74, 6) is -2.22. The van der Waals surface area contributed by atoms with Crippen LogP contribution in [0.2, 0.25) is 0 Å². The Labute approximate surface area is 162 Å². The van der Waals surface area contributed by atoms with Crippen LogP contribution in [0.1, 0.15) is 59.3 Å². The third-order valence-electron chi connectivity index (χ3n) is 4.88. The van der Waals surface area contributed by atoms with Gasteiger partial charge in [0.2, 0.25) is 5.91 Å². The van der Waals surface area contributed by atoms with Crippen molar-refractivity contribution < 1.29 is 14.7 Å². The molecular formula is C22H32N2O3. The van der Waals surface area contributed by atoms with Gasteiger partial charge in [0.25, 0.3) is 0 Å². The molecule has 0 radical (unpaired) electrons. The number of carbonyl (C=O) groups excluding carboxylic acids is 1. The molecule has 0 bridgehead atoms. The van der Waals surface area contributed by atoms with E-state index >= 15 is 0 Å². The minimum absolute atomic E-state index is 0.0606. The number of rotatable bonds is 11. The second kappa shape index (κ2) is 12.0. The van der Waals surface area contributed by atoms with Crippen LogP contribution >= 0.6 is 0 Å². The fraction of sp³-hybridized carbons (Fsp3) is 0.500. The molecule has 2 unspecified atom stereocenters. The third-order valence-corrected chi connectivity index (χ3v) is 4.88. The first-order valence-electron chi connectivity index (χ1n) is 9.62. The maximum Gasteiger partial charge on any atom is 0.307 e. The number of nitrogens with one attached hydrogen (secondary N) is 1. The number of amides is 1. The summed E-state index contributed by atoms with van der Waals surface area (Å²) in [6.07, 6.45) is 12.8. The van der Waals surface area contributed by atoms with E-state index in [2.05, 4.69) is 36.8 Å². The van der Waals surface area contributed by atoms with E-state index in [0.717, 1.165) is 24.8 Å². The van der Waals surface area contributed by atoms with Gasteiger partial charge in [-0.25, -0.2) is 0 Å². The molecule has 1 amide bonds. The van der Waals surface area contributed by atoms with Gasteiger partial charge in [-0.15, -0.1) is 0 Å². The quantitative estimate of drug-likeness (QED) is 0.512. The summed E-state index contributed by atoms with van der Waals surface area (Å²) in [5, 5.41) is 12.5. The maximum atomic E-state index is 12.4. The van der Waals surface area contributed by atoms with Crippen molar-refractivity contribution in [1.29, 1.82) is 0 Å². The van der Waals surface area contributed by atoms with Gasteiger partial charge in [0, 0.05) is 31.0 Å². The second-order valence-electron chi connectivity index (χ2n) is 6.89. The Morgan fingerprint density at radius 3 is 2.74 bits per heavy atom. The number of hydrogen-bond acceptors (Lipinski definition) is 3. The highest BCUT2D eigenvalue weighted by Gasteiger charge is 2.30. The molecule has 0 aromatic heterocycles. The van der Waals surface area contributed by atoms with Gasteiger partial charge in [0.15, 0.2) is 0 Å². The Bertz CT molecular complexity index is 656. The Hall–Kier alpha value is -2.43. The molecule has 148 valence electrons. The van der Waals surface area contributed by atoms with E-state index in [-0.39, 0.29) is 18.2 Å². The molecule has 5 nitrogen and oxygen atoms in total. The number of hydrogen-bond donors (Lipinski definition) is 2. The van der Waals surface area contributed by atoms with Gasteiger partial charge >= 0.3 is 5.97 Å². The fourth-order valence-corrected chi connectivity index (χ4v) is 3.11. The summed E-state index contributed by atoms with van der Waals surface area (Å²) < 4.78 is 0. The Kier molecular flexibility index (Phi) is 10.1. The number of nitrogens with zero attached hydrogens (tertiary/aromatic N) is 1. The van der Waals surface area contributed by atoms with Crippen LogP contribution in [0.4, 0.5) is 0 Å². The van der Waals surface area contributed by atoms with Crippen LogP contribution in [0.15, 0.2) is 52.8 Å². The van der Waals surface area contributed by atoms with Crippen molar-refractivity contribution in [1.82, 2.24) is 5.32 Å². The topological polar surface area (TPSA) is 78.8 Å². The number of carboxylic acids is 1. The van der Waals surface area contributed by atoms with Crippen LogP contribution < -0.4 is 5.32 Å². The lowest BCUT2D eigenvalue weighted by Gasteiger charge is -2.24. The first-order chi connectivity index (χ1) is 12.9. The highest BCUT2D eigenvalue weighted by atomic mass is 16.4. The highest BCUT2D eigenvalue weighted by Crippen LogP contribution is 2.29. The zero-order valence-corrected chi connectivity index (χ0v) is 16.7. The standard InChI is InChI=1S/C22H32N2O3/c1-5-16(3)9-7-10-17(4)19(6-2)20(22(26)27)15-21(25)24-18-11-8-13-23-14-12-18/h8-9,12-14,19-20H,4-7,10-11,15H2,1-3H3,(H,24,25)(H,26,27)/b16-9+. The summed E-state index contributed by atoms with van der Waals surface area (Å²) >= 11 is 0. The van der Waals surface area contributed by atoms with Crippen molar-refractivity contribution in [3.05, 3.63) is 47.9 Å². The molecule has 0 saturated heterocycles. The van der Waals surface area contributed by atoms with Crippen LogP contribution in [0.3, 0.4) is 0 Å². The van der Waals surface area contributed by atoms with Gasteiger partial charge in [-0.1, -0.05) is 43.7 Å². The van der Waals surface area contributed by atoms with Crippen molar-refractivity contribution in [2.45, 2.75) is 59.3 Å². The lowest BCUT2D eigenvalue weighted by molar-refractivity contribution is -0.145. The van der Waals surface area contributed by atoms with E-state index in [1.54, 1.807) is 18.5 Å². The average molecular weight is 373 g/mol.